The Balaban J connectivity index is 1.21. The first-order chi connectivity index (χ1) is 19.2. The van der Waals surface area contributed by atoms with E-state index >= 15 is 0 Å². The van der Waals surface area contributed by atoms with E-state index in [0.717, 1.165) is 49.9 Å². The van der Waals surface area contributed by atoms with Crippen LogP contribution in [-0.4, -0.2) is 36.0 Å². The number of para-hydroxylation sites is 1. The van der Waals surface area contributed by atoms with Crippen LogP contribution in [0.1, 0.15) is 5.56 Å². The average molecular weight is 528 g/mol. The van der Waals surface area contributed by atoms with Gasteiger partial charge in [0.25, 0.3) is 0 Å². The van der Waals surface area contributed by atoms with Gasteiger partial charge in [-0.3, -0.25) is 14.9 Å². The molecular weight excluding hydrogens is 506 g/mol. The molecule has 5 heterocycles. The molecule has 3 N–H and O–H groups in total. The van der Waals surface area contributed by atoms with E-state index in [1.807, 2.05) is 54.6 Å². The lowest BCUT2D eigenvalue weighted by Crippen LogP contribution is -2.14. The van der Waals surface area contributed by atoms with Crippen molar-refractivity contribution in [2.75, 3.05) is 5.32 Å². The monoisotopic (exact) mass is 527 g/mol. The molecule has 0 atom stereocenters. The zero-order valence-electron chi connectivity index (χ0n) is 20.6. The molecule has 0 spiro atoms. The molecule has 5 aromatic heterocycles. The minimum Gasteiger partial charge on any atom is -0.337 e. The van der Waals surface area contributed by atoms with E-state index < -0.39 is 0 Å². The molecule has 0 aliphatic carbocycles. The van der Waals surface area contributed by atoms with Crippen molar-refractivity contribution >= 4 is 45.0 Å². The fourth-order valence-corrected chi connectivity index (χ4v) is 5.35. The van der Waals surface area contributed by atoms with Crippen molar-refractivity contribution < 1.29 is 4.79 Å². The van der Waals surface area contributed by atoms with Crippen molar-refractivity contribution in [3.63, 3.8) is 0 Å². The molecule has 7 rings (SSSR count). The van der Waals surface area contributed by atoms with Crippen LogP contribution in [0.15, 0.2) is 96.1 Å². The molecule has 2 aromatic carbocycles. The van der Waals surface area contributed by atoms with E-state index in [2.05, 4.69) is 53.4 Å². The molecule has 0 aliphatic rings. The van der Waals surface area contributed by atoms with Gasteiger partial charge < -0.3 is 10.3 Å². The van der Waals surface area contributed by atoms with Crippen LogP contribution in [0.4, 0.5) is 5.69 Å². The highest BCUT2D eigenvalue weighted by Crippen LogP contribution is 2.33. The summed E-state index contributed by atoms with van der Waals surface area (Å²) in [6.45, 7) is 0. The molecule has 0 unspecified atom stereocenters. The second kappa shape index (κ2) is 9.62. The molecule has 0 bridgehead atoms. The number of nitrogens with zero attached hydrogens (tertiary/aromatic N) is 4. The molecule has 188 valence electrons. The Labute approximate surface area is 226 Å². The number of hydrogen-bond donors (Lipinski definition) is 3. The second-order valence-electron chi connectivity index (χ2n) is 9.17. The van der Waals surface area contributed by atoms with Crippen LogP contribution in [-0.2, 0) is 11.2 Å². The first-order valence-corrected chi connectivity index (χ1v) is 13.3. The van der Waals surface area contributed by atoms with Crippen molar-refractivity contribution in [2.24, 2.45) is 0 Å². The summed E-state index contributed by atoms with van der Waals surface area (Å²) in [5, 5.41) is 15.5. The molecule has 0 radical (unpaired) electrons. The first-order valence-electron chi connectivity index (χ1n) is 12.4. The maximum atomic E-state index is 12.6. The number of benzene rings is 2. The molecule has 9 heteroatoms. The second-order valence-corrected chi connectivity index (χ2v) is 9.95. The van der Waals surface area contributed by atoms with Crippen LogP contribution in [0.3, 0.4) is 0 Å². The highest BCUT2D eigenvalue weighted by Gasteiger charge is 2.16. The smallest absolute Gasteiger partial charge is 0.228 e. The molecule has 7 aromatic rings. The number of nitrogens with one attached hydrogen (secondary N) is 3. The predicted octanol–water partition coefficient (Wildman–Crippen LogP) is 6.47. The van der Waals surface area contributed by atoms with Crippen molar-refractivity contribution in [1.29, 1.82) is 0 Å². The van der Waals surface area contributed by atoms with Gasteiger partial charge in [0.05, 0.1) is 34.7 Å². The molecule has 39 heavy (non-hydrogen) atoms. The van der Waals surface area contributed by atoms with Gasteiger partial charge in [-0.25, -0.2) is 9.97 Å². The summed E-state index contributed by atoms with van der Waals surface area (Å²) in [4.78, 5) is 29.9. The Kier molecular flexibility index (Phi) is 5.68. The summed E-state index contributed by atoms with van der Waals surface area (Å²) < 4.78 is 0. The van der Waals surface area contributed by atoms with Gasteiger partial charge in [0, 0.05) is 29.1 Å². The summed E-state index contributed by atoms with van der Waals surface area (Å²) >= 11 is 1.66. The molecule has 0 aliphatic heterocycles. The normalized spacial score (nSPS) is 11.3. The average Bonchev–Trinajstić information content (AvgIpc) is 3.73. The number of amides is 1. The summed E-state index contributed by atoms with van der Waals surface area (Å²) in [6, 6.07) is 21.8. The van der Waals surface area contributed by atoms with E-state index in [1.54, 1.807) is 29.9 Å². The highest BCUT2D eigenvalue weighted by molar-refractivity contribution is 7.08. The maximum absolute atomic E-state index is 12.6. The fourth-order valence-electron chi connectivity index (χ4n) is 4.69. The number of imidazole rings is 1. The van der Waals surface area contributed by atoms with Gasteiger partial charge in [-0.1, -0.05) is 42.5 Å². The number of thiophene rings is 1. The van der Waals surface area contributed by atoms with Gasteiger partial charge in [0.2, 0.25) is 5.91 Å². The van der Waals surface area contributed by atoms with E-state index in [9.17, 15) is 4.79 Å². The van der Waals surface area contributed by atoms with E-state index in [4.69, 9.17) is 4.98 Å². The Bertz CT molecular complexity index is 1940. The molecule has 0 fully saturated rings. The lowest BCUT2D eigenvalue weighted by molar-refractivity contribution is -0.115. The number of hydrogen-bond acceptors (Lipinski definition) is 6. The van der Waals surface area contributed by atoms with Gasteiger partial charge in [0.15, 0.2) is 11.5 Å². The van der Waals surface area contributed by atoms with Crippen molar-refractivity contribution in [1.82, 2.24) is 30.1 Å². The fraction of sp³-hybridized carbons (Fsp3) is 0.0333. The minimum absolute atomic E-state index is 0.0995. The summed E-state index contributed by atoms with van der Waals surface area (Å²) in [7, 11) is 0. The van der Waals surface area contributed by atoms with Gasteiger partial charge >= 0.3 is 0 Å². The number of aromatic amines is 2. The topological polar surface area (TPSA) is 112 Å². The molecular formula is C30H21N7OS. The van der Waals surface area contributed by atoms with Crippen LogP contribution in [0.2, 0.25) is 0 Å². The van der Waals surface area contributed by atoms with Crippen molar-refractivity contribution in [3.05, 3.63) is 102 Å². The third-order valence-electron chi connectivity index (χ3n) is 6.55. The number of anilines is 1. The highest BCUT2D eigenvalue weighted by atomic mass is 32.1. The van der Waals surface area contributed by atoms with Crippen LogP contribution in [0.25, 0.3) is 55.8 Å². The van der Waals surface area contributed by atoms with Gasteiger partial charge in [0.1, 0.15) is 5.69 Å². The number of carbonyl (C=O) groups excluding carboxylic acids is 1. The largest absolute Gasteiger partial charge is 0.337 e. The number of rotatable bonds is 6. The lowest BCUT2D eigenvalue weighted by Gasteiger charge is -2.07. The van der Waals surface area contributed by atoms with Crippen molar-refractivity contribution in [2.45, 2.75) is 6.42 Å². The Morgan fingerprint density at radius 1 is 0.923 bits per heavy atom. The first kappa shape index (κ1) is 23.0. The summed E-state index contributed by atoms with van der Waals surface area (Å²) in [5.74, 6) is 0.590. The van der Waals surface area contributed by atoms with Crippen LogP contribution in [0.5, 0.6) is 0 Å². The third-order valence-corrected chi connectivity index (χ3v) is 7.24. The quantitative estimate of drug-likeness (QED) is 0.229. The Hall–Kier alpha value is -5.15. The maximum Gasteiger partial charge on any atom is 0.228 e. The van der Waals surface area contributed by atoms with Gasteiger partial charge in [-0.15, -0.1) is 0 Å². The van der Waals surface area contributed by atoms with Crippen molar-refractivity contribution in [3.8, 4) is 33.8 Å². The molecule has 8 nitrogen and oxygen atoms in total. The number of H-pyrrole nitrogens is 2. The van der Waals surface area contributed by atoms with E-state index in [-0.39, 0.29) is 5.91 Å². The predicted molar refractivity (Wildman–Crippen MR) is 154 cm³/mol. The zero-order chi connectivity index (χ0) is 26.2. The zero-order valence-corrected chi connectivity index (χ0v) is 21.4. The molecule has 0 saturated carbocycles. The summed E-state index contributed by atoms with van der Waals surface area (Å²) in [6.07, 6.45) is 5.44. The van der Waals surface area contributed by atoms with Crippen LogP contribution in [0, 0.1) is 0 Å². The third kappa shape index (κ3) is 4.45. The van der Waals surface area contributed by atoms with Gasteiger partial charge in [-0.05, 0) is 46.2 Å². The standard InChI is InChI=1S/C30H21N7OS/c38-26(11-18-5-2-1-3-6-18)33-22-12-20(14-31-16-22)21-13-24-28(36-37-29(24)32-15-21)30-34-25-8-4-7-23(27(25)35-30)19-9-10-39-17-19/h1-10,12-17H,11H2,(H,33,38)(H,34,35)(H,32,36,37). The van der Waals surface area contributed by atoms with Gasteiger partial charge in [-0.2, -0.15) is 16.4 Å². The number of aromatic nitrogens is 6. The number of carbonyl (C=O) groups is 1. The molecule has 1 amide bonds. The minimum atomic E-state index is -0.0995. The van der Waals surface area contributed by atoms with E-state index in [0.29, 0.717) is 23.6 Å². The summed E-state index contributed by atoms with van der Waals surface area (Å²) in [5.41, 5.74) is 8.68. The SMILES string of the molecule is O=C(Cc1ccccc1)Nc1cncc(-c2cnc3n[nH]c(-c4nc5c(-c6ccsc6)cccc5[nH]4)c3c2)c1. The number of fused-ring (bicyclic) bond motifs is 2. The van der Waals surface area contributed by atoms with E-state index in [1.165, 1.54) is 0 Å². The molecule has 0 saturated heterocycles. The lowest BCUT2D eigenvalue weighted by atomic mass is 10.1. The Morgan fingerprint density at radius 2 is 1.82 bits per heavy atom. The van der Waals surface area contributed by atoms with Crippen LogP contribution >= 0.6 is 11.3 Å². The number of pyridine rings is 2. The Morgan fingerprint density at radius 3 is 2.69 bits per heavy atom. The van der Waals surface area contributed by atoms with Crippen LogP contribution < -0.4 is 5.32 Å².